The summed E-state index contributed by atoms with van der Waals surface area (Å²) in [7, 11) is 0. The van der Waals surface area contributed by atoms with Gasteiger partial charge in [-0.25, -0.2) is 4.98 Å². The Morgan fingerprint density at radius 2 is 1.13 bits per heavy atom. The average molecular weight is 711 g/mol. The van der Waals surface area contributed by atoms with Gasteiger partial charge in [-0.3, -0.25) is 0 Å². The van der Waals surface area contributed by atoms with E-state index in [0.29, 0.717) is 5.89 Å². The van der Waals surface area contributed by atoms with Crippen molar-refractivity contribution < 1.29 is 8.83 Å². The molecule has 254 valence electrons. The van der Waals surface area contributed by atoms with E-state index in [1.807, 2.05) is 47.7 Å². The smallest absolute Gasteiger partial charge is 0.228 e. The van der Waals surface area contributed by atoms with Crippen LogP contribution in [0.1, 0.15) is 0 Å². The zero-order valence-electron chi connectivity index (χ0n) is 28.9. The summed E-state index contributed by atoms with van der Waals surface area (Å²) < 4.78 is 15.4. The Kier molecular flexibility index (Phi) is 7.00. The van der Waals surface area contributed by atoms with E-state index in [1.54, 1.807) is 0 Å². The van der Waals surface area contributed by atoms with Crippen LogP contribution >= 0.6 is 11.3 Å². The van der Waals surface area contributed by atoms with Crippen LogP contribution in [0, 0.1) is 0 Å². The molecule has 3 aromatic heterocycles. The van der Waals surface area contributed by atoms with Crippen molar-refractivity contribution in [2.24, 2.45) is 0 Å². The van der Waals surface area contributed by atoms with E-state index in [9.17, 15) is 0 Å². The molecule has 0 unspecified atom stereocenters. The minimum atomic E-state index is 0.581. The maximum Gasteiger partial charge on any atom is 0.228 e. The summed E-state index contributed by atoms with van der Waals surface area (Å²) in [6.45, 7) is 0. The van der Waals surface area contributed by atoms with Gasteiger partial charge in [0.15, 0.2) is 5.58 Å². The molecule has 0 fully saturated rings. The van der Waals surface area contributed by atoms with Gasteiger partial charge in [-0.1, -0.05) is 121 Å². The molecule has 3 heterocycles. The Morgan fingerprint density at radius 1 is 0.444 bits per heavy atom. The summed E-state index contributed by atoms with van der Waals surface area (Å²) in [6, 6.07) is 63.9. The Labute approximate surface area is 314 Å². The topological polar surface area (TPSA) is 42.4 Å². The first-order chi connectivity index (χ1) is 26.8. The van der Waals surface area contributed by atoms with Gasteiger partial charge in [-0.15, -0.1) is 11.3 Å². The quantitative estimate of drug-likeness (QED) is 0.172. The number of hydrogen-bond donors (Lipinski definition) is 0. The lowest BCUT2D eigenvalue weighted by molar-refractivity contribution is 0.620. The molecule has 11 aromatic rings. The molecule has 0 atom stereocenters. The van der Waals surface area contributed by atoms with E-state index in [2.05, 4.69) is 150 Å². The Hall–Kier alpha value is -6.95. The van der Waals surface area contributed by atoms with Crippen molar-refractivity contribution in [3.8, 4) is 33.7 Å². The van der Waals surface area contributed by atoms with Gasteiger partial charge in [-0.05, 0) is 71.3 Å². The van der Waals surface area contributed by atoms with Crippen molar-refractivity contribution in [3.63, 3.8) is 0 Å². The molecule has 0 amide bonds. The number of anilines is 3. The number of oxazole rings is 1. The normalized spacial score (nSPS) is 11.7. The number of fused-ring (bicyclic) bond motifs is 7. The lowest BCUT2D eigenvalue weighted by Crippen LogP contribution is -2.11. The van der Waals surface area contributed by atoms with Gasteiger partial charge in [0.1, 0.15) is 16.7 Å². The van der Waals surface area contributed by atoms with E-state index < -0.39 is 0 Å². The number of nitrogens with zero attached hydrogens (tertiary/aromatic N) is 2. The summed E-state index contributed by atoms with van der Waals surface area (Å²) in [4.78, 5) is 7.25. The van der Waals surface area contributed by atoms with Crippen molar-refractivity contribution in [1.82, 2.24) is 4.98 Å². The Morgan fingerprint density at radius 3 is 2.04 bits per heavy atom. The third-order valence-corrected chi connectivity index (χ3v) is 11.5. The van der Waals surface area contributed by atoms with Crippen molar-refractivity contribution in [3.05, 3.63) is 182 Å². The van der Waals surface area contributed by atoms with E-state index in [4.69, 9.17) is 13.8 Å². The van der Waals surface area contributed by atoms with Crippen LogP contribution in [0.2, 0.25) is 0 Å². The molecule has 0 aliphatic carbocycles. The lowest BCUT2D eigenvalue weighted by atomic mass is 9.93. The predicted octanol–water partition coefficient (Wildman–Crippen LogP) is 14.6. The van der Waals surface area contributed by atoms with Crippen LogP contribution in [0.4, 0.5) is 17.1 Å². The number of rotatable bonds is 6. The van der Waals surface area contributed by atoms with Crippen molar-refractivity contribution in [1.29, 1.82) is 0 Å². The molecule has 0 saturated heterocycles. The highest BCUT2D eigenvalue weighted by atomic mass is 32.1. The first-order valence-corrected chi connectivity index (χ1v) is 18.9. The molecular formula is C49H30N2O2S. The van der Waals surface area contributed by atoms with Crippen LogP contribution < -0.4 is 4.90 Å². The molecule has 0 N–H and O–H groups in total. The van der Waals surface area contributed by atoms with Gasteiger partial charge >= 0.3 is 0 Å². The van der Waals surface area contributed by atoms with Crippen LogP contribution in [0.3, 0.4) is 0 Å². The van der Waals surface area contributed by atoms with Crippen LogP contribution in [0.25, 0.3) is 86.9 Å². The summed E-state index contributed by atoms with van der Waals surface area (Å²) in [5, 5.41) is 4.50. The largest absolute Gasteiger partial charge is 0.456 e. The SMILES string of the molecule is c1ccc(-c2ccccc2-c2ccccc2N(c2ccc3c(c2)oc2cccc(-c4nc5ccccc5o4)c23)c2cccc3c2sc2ccccc23)cc1. The maximum atomic E-state index is 6.69. The molecule has 0 saturated carbocycles. The zero-order chi connectivity index (χ0) is 35.6. The first-order valence-electron chi connectivity index (χ1n) is 18.0. The fourth-order valence-corrected chi connectivity index (χ4v) is 9.13. The highest BCUT2D eigenvalue weighted by Gasteiger charge is 2.24. The van der Waals surface area contributed by atoms with Gasteiger partial charge in [-0.2, -0.15) is 0 Å². The first kappa shape index (κ1) is 30.7. The number of furan rings is 1. The summed E-state index contributed by atoms with van der Waals surface area (Å²) in [5.74, 6) is 0.581. The fourth-order valence-electron chi connectivity index (χ4n) is 7.92. The third-order valence-electron chi connectivity index (χ3n) is 10.3. The molecule has 0 aliphatic heterocycles. The highest BCUT2D eigenvalue weighted by molar-refractivity contribution is 7.26. The van der Waals surface area contributed by atoms with Crippen LogP contribution in [0.15, 0.2) is 191 Å². The number of benzene rings is 8. The fraction of sp³-hybridized carbons (Fsp3) is 0. The van der Waals surface area contributed by atoms with Gasteiger partial charge < -0.3 is 13.7 Å². The summed E-state index contributed by atoms with van der Waals surface area (Å²) in [6.07, 6.45) is 0. The van der Waals surface area contributed by atoms with E-state index in [1.165, 1.54) is 36.9 Å². The molecule has 0 spiro atoms. The highest BCUT2D eigenvalue weighted by Crippen LogP contribution is 2.49. The molecule has 4 nitrogen and oxygen atoms in total. The molecule has 8 aromatic carbocycles. The van der Waals surface area contributed by atoms with E-state index >= 15 is 0 Å². The number of para-hydroxylation sites is 3. The minimum absolute atomic E-state index is 0.581. The minimum Gasteiger partial charge on any atom is -0.456 e. The molecule has 0 aliphatic rings. The van der Waals surface area contributed by atoms with Gasteiger partial charge in [0.25, 0.3) is 0 Å². The van der Waals surface area contributed by atoms with Gasteiger partial charge in [0, 0.05) is 49.1 Å². The maximum absolute atomic E-state index is 6.69. The predicted molar refractivity (Wildman–Crippen MR) is 225 cm³/mol. The third kappa shape index (κ3) is 4.86. The van der Waals surface area contributed by atoms with Gasteiger partial charge in [0.05, 0.1) is 16.1 Å². The summed E-state index contributed by atoms with van der Waals surface area (Å²) >= 11 is 1.83. The second-order valence-electron chi connectivity index (χ2n) is 13.5. The van der Waals surface area contributed by atoms with Crippen LogP contribution in [-0.4, -0.2) is 4.98 Å². The molecule has 5 heteroatoms. The zero-order valence-corrected chi connectivity index (χ0v) is 29.8. The Balaban J connectivity index is 1.16. The molecular weight excluding hydrogens is 681 g/mol. The van der Waals surface area contributed by atoms with Crippen LogP contribution in [0.5, 0.6) is 0 Å². The molecule has 0 radical (unpaired) electrons. The van der Waals surface area contributed by atoms with Crippen molar-refractivity contribution in [2.45, 2.75) is 0 Å². The average Bonchev–Trinajstić information content (AvgIpc) is 3.95. The number of aromatic nitrogens is 1. The lowest BCUT2D eigenvalue weighted by Gasteiger charge is -2.29. The van der Waals surface area contributed by atoms with E-state index in [-0.39, 0.29) is 0 Å². The summed E-state index contributed by atoms with van der Waals surface area (Å²) in [5.41, 5.74) is 11.9. The van der Waals surface area contributed by atoms with E-state index in [0.717, 1.165) is 61.2 Å². The molecule has 11 rings (SSSR count). The second kappa shape index (κ2) is 12.3. The number of hydrogen-bond acceptors (Lipinski definition) is 5. The standard InChI is InChI=1S/C49H30N2O2S/c1-2-14-31(15-3-1)33-16-4-5-17-34(33)35-18-6-9-23-41(35)51(42-24-12-20-37-36-19-7-11-27-46(36)54-48(37)42)32-28-29-38-45(30-32)52-44-26-13-21-39(47(38)44)49-50-40-22-8-10-25-43(40)53-49/h1-30H. The molecule has 0 bridgehead atoms. The molecule has 54 heavy (non-hydrogen) atoms. The Bertz CT molecular complexity index is 3160. The van der Waals surface area contributed by atoms with Gasteiger partial charge in [0.2, 0.25) is 5.89 Å². The monoisotopic (exact) mass is 710 g/mol. The van der Waals surface area contributed by atoms with Crippen molar-refractivity contribution in [2.75, 3.05) is 4.90 Å². The van der Waals surface area contributed by atoms with Crippen LogP contribution in [-0.2, 0) is 0 Å². The second-order valence-corrected chi connectivity index (χ2v) is 14.5. The van der Waals surface area contributed by atoms with Crippen molar-refractivity contribution >= 4 is 81.6 Å². The number of thiophene rings is 1.